The number of aliphatic hydroxyl groups is 1. The molecule has 0 aliphatic heterocycles. The van der Waals surface area contributed by atoms with Crippen LogP contribution in [0.1, 0.15) is 12.2 Å². The molecule has 0 saturated heterocycles. The van der Waals surface area contributed by atoms with Gasteiger partial charge in [0, 0.05) is 12.5 Å². The van der Waals surface area contributed by atoms with E-state index in [0.29, 0.717) is 22.8 Å². The summed E-state index contributed by atoms with van der Waals surface area (Å²) in [5, 5.41) is 8.94. The first kappa shape index (κ1) is 10.0. The summed E-state index contributed by atoms with van der Waals surface area (Å²) in [6, 6.07) is 0. The lowest BCUT2D eigenvalue weighted by Gasteiger charge is -1.96. The van der Waals surface area contributed by atoms with Crippen LogP contribution in [-0.2, 0) is 0 Å². The molecule has 2 aromatic rings. The van der Waals surface area contributed by atoms with E-state index in [9.17, 15) is 0 Å². The molecule has 1 aliphatic carbocycles. The summed E-state index contributed by atoms with van der Waals surface area (Å²) in [5.74, 6) is 1.35. The molecule has 1 unspecified atom stereocenters. The number of rotatable bonds is 2. The molecule has 0 aromatic carbocycles. The number of aliphatic hydroxyl groups excluding tert-OH is 1. The minimum absolute atomic E-state index is 0.166. The van der Waals surface area contributed by atoms with E-state index >= 15 is 0 Å². The van der Waals surface area contributed by atoms with Gasteiger partial charge in [-0.25, -0.2) is 9.97 Å². The highest BCUT2D eigenvalue weighted by Gasteiger charge is 2.28. The Morgan fingerprint density at radius 2 is 2.18 bits per heavy atom. The van der Waals surface area contributed by atoms with Crippen molar-refractivity contribution in [2.24, 2.45) is 5.92 Å². The Balaban J connectivity index is 2.04. The van der Waals surface area contributed by atoms with Gasteiger partial charge in [-0.15, -0.1) is 0 Å². The molecule has 88 valence electrons. The number of imidazole rings is 1. The monoisotopic (exact) mass is 232 g/mol. The quantitative estimate of drug-likeness (QED) is 0.573. The number of aromatic amines is 1. The van der Waals surface area contributed by atoms with E-state index in [1.807, 2.05) is 6.08 Å². The van der Waals surface area contributed by atoms with Gasteiger partial charge >= 0.3 is 0 Å². The zero-order valence-electron chi connectivity index (χ0n) is 9.01. The number of aromatic nitrogens is 4. The number of nitrogens with one attached hydrogen (secondary N) is 1. The molecule has 1 saturated carbocycles. The summed E-state index contributed by atoms with van der Waals surface area (Å²) in [6.07, 6.45) is 2.72. The van der Waals surface area contributed by atoms with Crippen LogP contribution in [0.3, 0.4) is 0 Å². The predicted octanol–water partition coefficient (Wildman–Crippen LogP) is -0.0871. The van der Waals surface area contributed by atoms with E-state index in [4.69, 9.17) is 16.6 Å². The van der Waals surface area contributed by atoms with Crippen molar-refractivity contribution in [2.45, 2.75) is 6.42 Å². The van der Waals surface area contributed by atoms with Crippen LogP contribution in [-0.4, -0.2) is 31.6 Å². The van der Waals surface area contributed by atoms with E-state index < -0.39 is 0 Å². The second-order valence-corrected chi connectivity index (χ2v) is 4.09. The standard InChI is InChI=1S/C10H12N6O/c11-8-7-9(16-10(12)15-7)14-6(13-8)2-4-1-5(4)3-17/h2,5,17H,1,3H2,(H5,11,12,13,14,15,16). The van der Waals surface area contributed by atoms with E-state index in [1.54, 1.807) is 0 Å². The molecule has 17 heavy (non-hydrogen) atoms. The molecule has 0 spiro atoms. The number of anilines is 2. The number of nitrogens with two attached hydrogens (primary N) is 2. The first-order valence-corrected chi connectivity index (χ1v) is 5.27. The molecule has 0 radical (unpaired) electrons. The highest BCUT2D eigenvalue weighted by molar-refractivity contribution is 5.83. The number of fused-ring (bicyclic) bond motifs is 1. The Morgan fingerprint density at radius 3 is 2.88 bits per heavy atom. The fraction of sp³-hybridized carbons (Fsp3) is 0.300. The van der Waals surface area contributed by atoms with Crippen molar-refractivity contribution in [3.05, 3.63) is 11.4 Å². The Labute approximate surface area is 96.6 Å². The van der Waals surface area contributed by atoms with Gasteiger partial charge in [0.2, 0.25) is 0 Å². The lowest BCUT2D eigenvalue weighted by molar-refractivity contribution is 0.281. The fourth-order valence-corrected chi connectivity index (χ4v) is 1.77. The molecular weight excluding hydrogens is 220 g/mol. The van der Waals surface area contributed by atoms with Crippen molar-refractivity contribution in [1.29, 1.82) is 0 Å². The van der Waals surface area contributed by atoms with Crippen LogP contribution in [0.25, 0.3) is 17.2 Å². The summed E-state index contributed by atoms with van der Waals surface area (Å²) in [5.41, 5.74) is 13.5. The number of nitrogens with zero attached hydrogens (tertiary/aromatic N) is 3. The maximum absolute atomic E-state index is 8.94. The molecule has 3 rings (SSSR count). The van der Waals surface area contributed by atoms with Gasteiger partial charge in [0.05, 0.1) is 0 Å². The Morgan fingerprint density at radius 1 is 1.35 bits per heavy atom. The summed E-state index contributed by atoms with van der Waals surface area (Å²) >= 11 is 0. The largest absolute Gasteiger partial charge is 0.396 e. The first-order chi connectivity index (χ1) is 8.17. The number of hydrogen-bond donors (Lipinski definition) is 4. The van der Waals surface area contributed by atoms with Gasteiger partial charge in [-0.2, -0.15) is 4.98 Å². The molecule has 1 fully saturated rings. The smallest absolute Gasteiger partial charge is 0.200 e. The molecule has 0 amide bonds. The topological polar surface area (TPSA) is 127 Å². The Bertz CT molecular complexity index is 617. The summed E-state index contributed by atoms with van der Waals surface area (Å²) < 4.78 is 0. The number of hydrogen-bond acceptors (Lipinski definition) is 6. The summed E-state index contributed by atoms with van der Waals surface area (Å²) in [6.45, 7) is 0.166. The van der Waals surface area contributed by atoms with Gasteiger partial charge in [0.1, 0.15) is 5.52 Å². The fourth-order valence-electron chi connectivity index (χ4n) is 1.77. The molecule has 2 heterocycles. The van der Waals surface area contributed by atoms with E-state index in [2.05, 4.69) is 19.9 Å². The van der Waals surface area contributed by atoms with E-state index in [1.165, 1.54) is 0 Å². The molecule has 7 heteroatoms. The molecule has 2 aromatic heterocycles. The third kappa shape index (κ3) is 1.70. The number of nitrogen functional groups attached to an aromatic ring is 2. The molecule has 1 atom stereocenters. The predicted molar refractivity (Wildman–Crippen MR) is 63.7 cm³/mol. The van der Waals surface area contributed by atoms with Gasteiger partial charge in [-0.1, -0.05) is 5.57 Å². The van der Waals surface area contributed by atoms with Crippen LogP contribution < -0.4 is 11.5 Å². The minimum atomic E-state index is 0.166. The van der Waals surface area contributed by atoms with Crippen molar-refractivity contribution in [3.8, 4) is 0 Å². The van der Waals surface area contributed by atoms with Crippen molar-refractivity contribution >= 4 is 29.0 Å². The maximum Gasteiger partial charge on any atom is 0.200 e. The maximum atomic E-state index is 8.94. The third-order valence-electron chi connectivity index (χ3n) is 2.80. The first-order valence-electron chi connectivity index (χ1n) is 5.27. The van der Waals surface area contributed by atoms with Crippen molar-refractivity contribution in [1.82, 2.24) is 19.9 Å². The lowest BCUT2D eigenvalue weighted by atomic mass is 10.3. The van der Waals surface area contributed by atoms with E-state index in [0.717, 1.165) is 12.0 Å². The van der Waals surface area contributed by atoms with Gasteiger partial charge in [0.15, 0.2) is 23.2 Å². The van der Waals surface area contributed by atoms with Gasteiger partial charge in [-0.3, -0.25) is 0 Å². The van der Waals surface area contributed by atoms with Gasteiger partial charge in [0.25, 0.3) is 0 Å². The minimum Gasteiger partial charge on any atom is -0.396 e. The lowest BCUT2D eigenvalue weighted by Crippen LogP contribution is -1.97. The highest BCUT2D eigenvalue weighted by Crippen LogP contribution is 2.38. The summed E-state index contributed by atoms with van der Waals surface area (Å²) in [4.78, 5) is 15.2. The van der Waals surface area contributed by atoms with Gasteiger partial charge in [-0.05, 0) is 12.5 Å². The average molecular weight is 232 g/mol. The zero-order valence-corrected chi connectivity index (χ0v) is 9.01. The molecule has 7 nitrogen and oxygen atoms in total. The summed E-state index contributed by atoms with van der Waals surface area (Å²) in [7, 11) is 0. The second kappa shape index (κ2) is 3.42. The van der Waals surface area contributed by atoms with Crippen molar-refractivity contribution in [2.75, 3.05) is 18.1 Å². The van der Waals surface area contributed by atoms with Crippen LogP contribution in [0.4, 0.5) is 11.8 Å². The third-order valence-corrected chi connectivity index (χ3v) is 2.80. The van der Waals surface area contributed by atoms with Crippen LogP contribution in [0.15, 0.2) is 5.57 Å². The van der Waals surface area contributed by atoms with Crippen molar-refractivity contribution < 1.29 is 5.11 Å². The molecule has 6 N–H and O–H groups in total. The zero-order chi connectivity index (χ0) is 12.0. The second-order valence-electron chi connectivity index (χ2n) is 4.09. The van der Waals surface area contributed by atoms with Gasteiger partial charge < -0.3 is 21.6 Å². The van der Waals surface area contributed by atoms with E-state index in [-0.39, 0.29) is 18.5 Å². The van der Waals surface area contributed by atoms with Crippen LogP contribution in [0.5, 0.6) is 0 Å². The normalized spacial score (nSPS) is 21.2. The Kier molecular flexibility index (Phi) is 2.02. The highest BCUT2D eigenvalue weighted by atomic mass is 16.3. The molecule has 0 bridgehead atoms. The number of H-pyrrole nitrogens is 1. The molecular formula is C10H12N6O. The van der Waals surface area contributed by atoms with Crippen LogP contribution in [0.2, 0.25) is 0 Å². The Hall–Kier alpha value is -2.15. The van der Waals surface area contributed by atoms with Crippen LogP contribution >= 0.6 is 0 Å². The van der Waals surface area contributed by atoms with Crippen molar-refractivity contribution in [3.63, 3.8) is 0 Å². The molecule has 1 aliphatic rings. The van der Waals surface area contributed by atoms with Crippen LogP contribution in [0, 0.1) is 5.92 Å². The average Bonchev–Trinajstić information content (AvgIpc) is 2.91. The SMILES string of the molecule is Nc1nc2nc(C=C3CC3CO)nc(N)c2[nH]1.